The average Bonchev–Trinajstić information content (AvgIpc) is 2.71. The second-order valence-corrected chi connectivity index (χ2v) is 3.80. The molecule has 0 radical (unpaired) electrons. The van der Waals surface area contributed by atoms with Gasteiger partial charge in [0, 0.05) is 23.9 Å². The first-order valence-corrected chi connectivity index (χ1v) is 5.30. The maximum atomic E-state index is 10.4. The third-order valence-electron chi connectivity index (χ3n) is 2.02. The number of nitro groups is 1. The molecule has 1 heterocycles. The molecule has 2 aromatic rings. The summed E-state index contributed by atoms with van der Waals surface area (Å²) in [6, 6.07) is 6.55. The van der Waals surface area contributed by atoms with Gasteiger partial charge in [-0.25, -0.2) is 4.98 Å². The van der Waals surface area contributed by atoms with Gasteiger partial charge in [-0.05, 0) is 5.56 Å². The van der Waals surface area contributed by atoms with Gasteiger partial charge in [0.1, 0.15) is 0 Å². The Morgan fingerprint density at radius 2 is 2.07 bits per heavy atom. The zero-order valence-electron chi connectivity index (χ0n) is 7.79. The number of hydrogen-bond donors (Lipinski definition) is 0. The summed E-state index contributed by atoms with van der Waals surface area (Å²) in [4.78, 5) is 14.2. The van der Waals surface area contributed by atoms with Crippen LogP contribution in [-0.4, -0.2) is 9.91 Å². The molecule has 4 nitrogen and oxygen atoms in total. The molecule has 0 N–H and O–H groups in total. The van der Waals surface area contributed by atoms with E-state index in [1.165, 1.54) is 12.1 Å². The van der Waals surface area contributed by atoms with Crippen LogP contribution >= 0.6 is 11.3 Å². The van der Waals surface area contributed by atoms with Crippen molar-refractivity contribution >= 4 is 17.0 Å². The van der Waals surface area contributed by atoms with Crippen LogP contribution < -0.4 is 0 Å². The molecule has 0 saturated carbocycles. The van der Waals surface area contributed by atoms with Crippen LogP contribution in [0.25, 0.3) is 0 Å². The number of nitro benzene ring substituents is 1. The standard InChI is InChI=1S/C10H8N2O2S/c13-12(14)10-3-1-8(2-4-10)5-9-6-15-7-11-9/h1-4,6-7H,5H2. The van der Waals surface area contributed by atoms with E-state index in [2.05, 4.69) is 4.98 Å². The number of hydrogen-bond acceptors (Lipinski definition) is 4. The molecule has 76 valence electrons. The smallest absolute Gasteiger partial charge is 0.258 e. The predicted octanol–water partition coefficient (Wildman–Crippen LogP) is 2.64. The van der Waals surface area contributed by atoms with Crippen molar-refractivity contribution in [2.45, 2.75) is 6.42 Å². The summed E-state index contributed by atoms with van der Waals surface area (Å²) >= 11 is 1.55. The Hall–Kier alpha value is -1.75. The average molecular weight is 220 g/mol. The molecule has 0 unspecified atom stereocenters. The Morgan fingerprint density at radius 3 is 2.60 bits per heavy atom. The minimum absolute atomic E-state index is 0.122. The highest BCUT2D eigenvalue weighted by Crippen LogP contribution is 2.14. The lowest BCUT2D eigenvalue weighted by molar-refractivity contribution is -0.384. The lowest BCUT2D eigenvalue weighted by Crippen LogP contribution is -1.90. The largest absolute Gasteiger partial charge is 0.269 e. The Balaban J connectivity index is 2.14. The SMILES string of the molecule is O=[N+]([O-])c1ccc(Cc2cscn2)cc1. The van der Waals surface area contributed by atoms with Crippen molar-refractivity contribution in [1.82, 2.24) is 4.98 Å². The highest BCUT2D eigenvalue weighted by Gasteiger charge is 2.04. The number of aromatic nitrogens is 1. The first-order chi connectivity index (χ1) is 7.25. The first kappa shape index (κ1) is 9.79. The van der Waals surface area contributed by atoms with Gasteiger partial charge in [-0.2, -0.15) is 0 Å². The molecule has 1 aromatic carbocycles. The third kappa shape index (κ3) is 2.38. The van der Waals surface area contributed by atoms with Gasteiger partial charge in [-0.15, -0.1) is 11.3 Å². The fourth-order valence-corrected chi connectivity index (χ4v) is 1.83. The monoisotopic (exact) mass is 220 g/mol. The van der Waals surface area contributed by atoms with Gasteiger partial charge in [-0.1, -0.05) is 12.1 Å². The summed E-state index contributed by atoms with van der Waals surface area (Å²) in [5.74, 6) is 0. The first-order valence-electron chi connectivity index (χ1n) is 4.36. The minimum Gasteiger partial charge on any atom is -0.258 e. The van der Waals surface area contributed by atoms with Crippen molar-refractivity contribution in [3.63, 3.8) is 0 Å². The van der Waals surface area contributed by atoms with Crippen LogP contribution in [0.2, 0.25) is 0 Å². The minimum atomic E-state index is -0.396. The molecule has 1 aromatic heterocycles. The summed E-state index contributed by atoms with van der Waals surface area (Å²) < 4.78 is 0. The highest BCUT2D eigenvalue weighted by molar-refractivity contribution is 7.07. The zero-order valence-corrected chi connectivity index (χ0v) is 8.61. The van der Waals surface area contributed by atoms with Crippen LogP contribution in [0.4, 0.5) is 5.69 Å². The summed E-state index contributed by atoms with van der Waals surface area (Å²) in [6.07, 6.45) is 0.724. The summed E-state index contributed by atoms with van der Waals surface area (Å²) in [5.41, 5.74) is 3.93. The van der Waals surface area contributed by atoms with Gasteiger partial charge < -0.3 is 0 Å². The van der Waals surface area contributed by atoms with Gasteiger partial charge >= 0.3 is 0 Å². The van der Waals surface area contributed by atoms with E-state index in [0.717, 1.165) is 17.7 Å². The Kier molecular flexibility index (Phi) is 2.73. The molecule has 0 saturated heterocycles. The molecule has 0 bridgehead atoms. The lowest BCUT2D eigenvalue weighted by Gasteiger charge is -1.97. The summed E-state index contributed by atoms with van der Waals surface area (Å²) in [7, 11) is 0. The van der Waals surface area contributed by atoms with E-state index in [-0.39, 0.29) is 5.69 Å². The van der Waals surface area contributed by atoms with E-state index in [4.69, 9.17) is 0 Å². The van der Waals surface area contributed by atoms with Gasteiger partial charge in [0.2, 0.25) is 0 Å². The number of nitrogens with zero attached hydrogens (tertiary/aromatic N) is 2. The molecular weight excluding hydrogens is 212 g/mol. The molecule has 2 rings (SSSR count). The zero-order chi connectivity index (χ0) is 10.7. The lowest BCUT2D eigenvalue weighted by atomic mass is 10.1. The van der Waals surface area contributed by atoms with Crippen LogP contribution in [0.3, 0.4) is 0 Å². The quantitative estimate of drug-likeness (QED) is 0.590. The number of non-ortho nitro benzene ring substituents is 1. The van der Waals surface area contributed by atoms with Gasteiger partial charge in [-0.3, -0.25) is 10.1 Å². The van der Waals surface area contributed by atoms with Crippen LogP contribution in [0, 0.1) is 10.1 Å². The second kappa shape index (κ2) is 4.18. The van der Waals surface area contributed by atoms with Gasteiger partial charge in [0.15, 0.2) is 0 Å². The third-order valence-corrected chi connectivity index (χ3v) is 2.65. The topological polar surface area (TPSA) is 56.0 Å². The highest BCUT2D eigenvalue weighted by atomic mass is 32.1. The Bertz CT molecular complexity index is 451. The fourth-order valence-electron chi connectivity index (χ4n) is 1.27. The predicted molar refractivity (Wildman–Crippen MR) is 58.0 cm³/mol. The number of thiazole rings is 1. The van der Waals surface area contributed by atoms with Crippen LogP contribution in [0.5, 0.6) is 0 Å². The van der Waals surface area contributed by atoms with E-state index in [1.807, 2.05) is 5.38 Å². The number of rotatable bonds is 3. The molecule has 0 fully saturated rings. The van der Waals surface area contributed by atoms with E-state index in [9.17, 15) is 10.1 Å². The number of benzene rings is 1. The van der Waals surface area contributed by atoms with Gasteiger partial charge in [0.25, 0.3) is 5.69 Å². The van der Waals surface area contributed by atoms with E-state index < -0.39 is 4.92 Å². The van der Waals surface area contributed by atoms with Crippen LogP contribution in [0.1, 0.15) is 11.3 Å². The molecule has 0 aliphatic heterocycles. The molecule has 0 atom stereocenters. The van der Waals surface area contributed by atoms with E-state index in [0.29, 0.717) is 0 Å². The Morgan fingerprint density at radius 1 is 1.33 bits per heavy atom. The van der Waals surface area contributed by atoms with Crippen molar-refractivity contribution in [2.75, 3.05) is 0 Å². The molecule has 0 amide bonds. The second-order valence-electron chi connectivity index (χ2n) is 3.08. The van der Waals surface area contributed by atoms with Crippen molar-refractivity contribution in [3.05, 3.63) is 56.5 Å². The van der Waals surface area contributed by atoms with Crippen molar-refractivity contribution in [1.29, 1.82) is 0 Å². The van der Waals surface area contributed by atoms with Gasteiger partial charge in [0.05, 0.1) is 16.1 Å². The maximum absolute atomic E-state index is 10.4. The fraction of sp³-hybridized carbons (Fsp3) is 0.100. The van der Waals surface area contributed by atoms with Crippen LogP contribution in [0.15, 0.2) is 35.2 Å². The maximum Gasteiger partial charge on any atom is 0.269 e. The van der Waals surface area contributed by atoms with Crippen molar-refractivity contribution in [2.24, 2.45) is 0 Å². The molecule has 0 spiro atoms. The van der Waals surface area contributed by atoms with Crippen molar-refractivity contribution < 1.29 is 4.92 Å². The molecule has 0 aliphatic rings. The van der Waals surface area contributed by atoms with Crippen LogP contribution in [-0.2, 0) is 6.42 Å². The molecule has 15 heavy (non-hydrogen) atoms. The molecular formula is C10H8N2O2S. The van der Waals surface area contributed by atoms with Crippen molar-refractivity contribution in [3.8, 4) is 0 Å². The van der Waals surface area contributed by atoms with E-state index >= 15 is 0 Å². The summed E-state index contributed by atoms with van der Waals surface area (Å²) in [6.45, 7) is 0. The molecule has 5 heteroatoms. The summed E-state index contributed by atoms with van der Waals surface area (Å²) in [5, 5.41) is 12.4. The molecule has 0 aliphatic carbocycles. The van der Waals surface area contributed by atoms with E-state index in [1.54, 1.807) is 29.0 Å². The Labute approximate surface area is 90.4 Å². The normalized spacial score (nSPS) is 10.1.